The van der Waals surface area contributed by atoms with E-state index in [-0.39, 0.29) is 24.5 Å². The summed E-state index contributed by atoms with van der Waals surface area (Å²) in [6.07, 6.45) is 1.23. The average molecular weight is 584 g/mol. The zero-order valence-corrected chi connectivity index (χ0v) is 22.7. The number of carbonyl (C=O) groups is 2. The summed E-state index contributed by atoms with van der Waals surface area (Å²) in [5.74, 6) is 0.240. The van der Waals surface area contributed by atoms with Gasteiger partial charge >= 0.3 is 0 Å². The Morgan fingerprint density at radius 3 is 2.29 bits per heavy atom. The first-order valence-electron chi connectivity index (χ1n) is 11.9. The lowest BCUT2D eigenvalue weighted by molar-refractivity contribution is -0.143. The maximum Gasteiger partial charge on any atom is 0.261 e. The van der Waals surface area contributed by atoms with Gasteiger partial charge in [-0.25, -0.2) is 0 Å². The van der Waals surface area contributed by atoms with Crippen LogP contribution in [0.15, 0.2) is 78.9 Å². The van der Waals surface area contributed by atoms with Crippen LogP contribution in [0.3, 0.4) is 0 Å². The van der Waals surface area contributed by atoms with Gasteiger partial charge in [-0.05, 0) is 83.8 Å². The molecule has 3 aromatic rings. The lowest BCUT2D eigenvalue weighted by atomic mass is 10.0. The fourth-order valence-electron chi connectivity index (χ4n) is 3.72. The van der Waals surface area contributed by atoms with Gasteiger partial charge in [0, 0.05) is 22.6 Å². The van der Waals surface area contributed by atoms with E-state index >= 15 is 0 Å². The van der Waals surface area contributed by atoms with Crippen LogP contribution in [0.2, 0.25) is 0 Å². The smallest absolute Gasteiger partial charge is 0.261 e. The van der Waals surface area contributed by atoms with Crippen molar-refractivity contribution in [1.82, 2.24) is 10.2 Å². The lowest BCUT2D eigenvalue weighted by Crippen LogP contribution is -2.53. The van der Waals surface area contributed by atoms with Crippen molar-refractivity contribution in [3.63, 3.8) is 0 Å². The highest BCUT2D eigenvalue weighted by atomic mass is 127. The van der Waals surface area contributed by atoms with E-state index in [4.69, 9.17) is 4.74 Å². The number of ether oxygens (including phenoxy) is 1. The van der Waals surface area contributed by atoms with Crippen molar-refractivity contribution in [3.05, 3.63) is 99.1 Å². The summed E-state index contributed by atoms with van der Waals surface area (Å²) in [5.41, 5.74) is 3.08. The summed E-state index contributed by atoms with van der Waals surface area (Å²) in [4.78, 5) is 28.8. The molecule has 0 aliphatic rings. The largest absolute Gasteiger partial charge is 0.484 e. The third-order valence-electron chi connectivity index (χ3n) is 6.05. The van der Waals surface area contributed by atoms with Crippen LogP contribution in [0, 0.1) is 10.5 Å². The Morgan fingerprint density at radius 1 is 0.971 bits per heavy atom. The predicted molar refractivity (Wildman–Crippen MR) is 148 cm³/mol. The highest BCUT2D eigenvalue weighted by Crippen LogP contribution is 2.19. The van der Waals surface area contributed by atoms with E-state index in [1.807, 2.05) is 99.6 Å². The maximum absolute atomic E-state index is 13.6. The Morgan fingerprint density at radius 2 is 1.63 bits per heavy atom. The van der Waals surface area contributed by atoms with E-state index in [1.54, 1.807) is 4.90 Å². The monoisotopic (exact) mass is 584 g/mol. The molecule has 0 saturated carbocycles. The fraction of sp³-hybridized carbons (Fsp3) is 0.310. The van der Waals surface area contributed by atoms with E-state index < -0.39 is 6.04 Å². The van der Waals surface area contributed by atoms with Crippen molar-refractivity contribution in [2.45, 2.75) is 52.2 Å². The van der Waals surface area contributed by atoms with Gasteiger partial charge in [-0.2, -0.15) is 0 Å². The third-order valence-corrected chi connectivity index (χ3v) is 6.77. The minimum absolute atomic E-state index is 0.0132. The van der Waals surface area contributed by atoms with Crippen molar-refractivity contribution in [2.75, 3.05) is 6.61 Å². The van der Waals surface area contributed by atoms with Gasteiger partial charge in [-0.15, -0.1) is 0 Å². The van der Waals surface area contributed by atoms with Crippen LogP contribution in [0.4, 0.5) is 0 Å². The normalized spacial score (nSPS) is 12.5. The van der Waals surface area contributed by atoms with E-state index in [2.05, 4.69) is 27.9 Å². The first-order valence-corrected chi connectivity index (χ1v) is 13.0. The molecule has 0 bridgehead atoms. The second-order valence-corrected chi connectivity index (χ2v) is 9.96. The summed E-state index contributed by atoms with van der Waals surface area (Å²) in [5, 5.41) is 3.09. The first-order chi connectivity index (χ1) is 16.9. The SMILES string of the molecule is CC[C@@H](C)NC(=O)[C@@H](Cc1ccccc1)N(Cc1ccccc1C)C(=O)COc1ccc(I)cc1. The average Bonchev–Trinajstić information content (AvgIpc) is 2.87. The van der Waals surface area contributed by atoms with E-state index in [1.165, 1.54) is 0 Å². The Hall–Kier alpha value is -2.87. The Bertz CT molecular complexity index is 1100. The van der Waals surface area contributed by atoms with Gasteiger partial charge in [0.15, 0.2) is 6.61 Å². The van der Waals surface area contributed by atoms with Gasteiger partial charge in [0.25, 0.3) is 5.91 Å². The van der Waals surface area contributed by atoms with Gasteiger partial charge in [0.1, 0.15) is 11.8 Å². The lowest BCUT2D eigenvalue weighted by Gasteiger charge is -2.32. The number of nitrogens with zero attached hydrogens (tertiary/aromatic N) is 1. The minimum atomic E-state index is -0.668. The van der Waals surface area contributed by atoms with Crippen LogP contribution in [0.1, 0.15) is 37.0 Å². The number of hydrogen-bond donors (Lipinski definition) is 1. The highest BCUT2D eigenvalue weighted by Gasteiger charge is 2.31. The number of nitrogens with one attached hydrogen (secondary N) is 1. The number of hydrogen-bond acceptors (Lipinski definition) is 3. The number of aryl methyl sites for hydroxylation is 1. The maximum atomic E-state index is 13.6. The van der Waals surface area contributed by atoms with Crippen LogP contribution in [0.25, 0.3) is 0 Å². The van der Waals surface area contributed by atoms with Crippen LogP contribution in [-0.4, -0.2) is 35.4 Å². The molecule has 6 heteroatoms. The summed E-state index contributed by atoms with van der Waals surface area (Å²) in [6, 6.07) is 24.7. The third kappa shape index (κ3) is 8.09. The molecule has 0 aromatic heterocycles. The van der Waals surface area contributed by atoms with E-state index in [0.717, 1.165) is 26.7 Å². The van der Waals surface area contributed by atoms with Gasteiger partial charge in [-0.3, -0.25) is 9.59 Å². The molecule has 0 aliphatic carbocycles. The zero-order valence-electron chi connectivity index (χ0n) is 20.5. The minimum Gasteiger partial charge on any atom is -0.484 e. The van der Waals surface area contributed by atoms with Gasteiger partial charge in [-0.1, -0.05) is 61.5 Å². The highest BCUT2D eigenvalue weighted by molar-refractivity contribution is 14.1. The summed E-state index contributed by atoms with van der Waals surface area (Å²) < 4.78 is 6.92. The van der Waals surface area contributed by atoms with Crippen LogP contribution in [-0.2, 0) is 22.6 Å². The molecule has 0 fully saturated rings. The summed E-state index contributed by atoms with van der Waals surface area (Å²) >= 11 is 2.23. The molecule has 0 heterocycles. The van der Waals surface area contributed by atoms with Crippen molar-refractivity contribution in [1.29, 1.82) is 0 Å². The molecule has 3 aromatic carbocycles. The van der Waals surface area contributed by atoms with Gasteiger partial charge < -0.3 is 15.0 Å². The number of halogens is 1. The number of benzene rings is 3. The van der Waals surface area contributed by atoms with Crippen molar-refractivity contribution in [3.8, 4) is 5.75 Å². The van der Waals surface area contributed by atoms with Crippen LogP contribution >= 0.6 is 22.6 Å². The molecule has 0 saturated heterocycles. The van der Waals surface area contributed by atoms with Crippen LogP contribution in [0.5, 0.6) is 5.75 Å². The second-order valence-electron chi connectivity index (χ2n) is 8.71. The molecule has 0 aliphatic heterocycles. The van der Waals surface area contributed by atoms with Gasteiger partial charge in [0.05, 0.1) is 0 Å². The molecular weight excluding hydrogens is 551 g/mol. The molecule has 2 amide bonds. The van der Waals surface area contributed by atoms with Crippen molar-refractivity contribution >= 4 is 34.4 Å². The second kappa shape index (κ2) is 13.3. The molecule has 2 atom stereocenters. The predicted octanol–water partition coefficient (Wildman–Crippen LogP) is 5.53. The Kier molecular flexibility index (Phi) is 10.1. The molecule has 1 N–H and O–H groups in total. The molecule has 3 rings (SSSR count). The molecule has 5 nitrogen and oxygen atoms in total. The molecule has 35 heavy (non-hydrogen) atoms. The van der Waals surface area contributed by atoms with Crippen LogP contribution < -0.4 is 10.1 Å². The molecule has 184 valence electrons. The quantitative estimate of drug-likeness (QED) is 0.302. The fourth-order valence-corrected chi connectivity index (χ4v) is 4.08. The van der Waals surface area contributed by atoms with E-state index in [9.17, 15) is 9.59 Å². The molecule has 0 radical (unpaired) electrons. The molecule has 0 unspecified atom stereocenters. The summed E-state index contributed by atoms with van der Waals surface area (Å²) in [7, 11) is 0. The van der Waals surface area contributed by atoms with Gasteiger partial charge in [0.2, 0.25) is 5.91 Å². The van der Waals surface area contributed by atoms with Crippen molar-refractivity contribution < 1.29 is 14.3 Å². The summed E-state index contributed by atoms with van der Waals surface area (Å²) in [6.45, 7) is 6.21. The Labute approximate surface area is 222 Å². The zero-order chi connectivity index (χ0) is 25.2. The molecular formula is C29H33IN2O3. The number of carbonyl (C=O) groups excluding carboxylic acids is 2. The molecule has 0 spiro atoms. The first kappa shape index (κ1) is 26.7. The Balaban J connectivity index is 1.91. The standard InChI is InChI=1S/C29H33IN2O3/c1-4-22(3)31-29(34)27(18-23-11-6-5-7-12-23)32(19-24-13-9-8-10-21(24)2)28(33)20-35-26-16-14-25(30)15-17-26/h5-17,22,27H,4,18-20H2,1-3H3,(H,31,34)/t22-,27-/m1/s1. The topological polar surface area (TPSA) is 58.6 Å². The number of amides is 2. The van der Waals surface area contributed by atoms with E-state index in [0.29, 0.717) is 18.7 Å². The number of rotatable bonds is 11. The van der Waals surface area contributed by atoms with Crippen molar-refractivity contribution in [2.24, 2.45) is 0 Å².